The Morgan fingerprint density at radius 2 is 2.21 bits per heavy atom. The molecule has 0 aromatic heterocycles. The smallest absolute Gasteiger partial charge is 0.334 e. The second-order valence-electron chi connectivity index (χ2n) is 6.41. The molecule has 0 radical (unpaired) electrons. The van der Waals surface area contributed by atoms with E-state index in [9.17, 15) is 15.0 Å². The zero-order valence-corrected chi connectivity index (χ0v) is 11.3. The predicted molar refractivity (Wildman–Crippen MR) is 69.1 cm³/mol. The Balaban J connectivity index is 2.01. The predicted octanol–water partition coefficient (Wildman–Crippen LogP) is 1.18. The van der Waals surface area contributed by atoms with Gasteiger partial charge < -0.3 is 14.9 Å². The van der Waals surface area contributed by atoms with E-state index in [0.29, 0.717) is 18.4 Å². The van der Waals surface area contributed by atoms with Gasteiger partial charge >= 0.3 is 5.97 Å². The van der Waals surface area contributed by atoms with Crippen LogP contribution in [-0.4, -0.2) is 34.0 Å². The molecule has 1 aliphatic heterocycles. The maximum absolute atomic E-state index is 11.6. The molecule has 0 aromatic carbocycles. The third-order valence-corrected chi connectivity index (χ3v) is 5.08. The Bertz CT molecular complexity index is 477. The molecule has 2 aliphatic carbocycles. The Morgan fingerprint density at radius 1 is 1.53 bits per heavy atom. The molecule has 0 amide bonds. The molecule has 3 rings (SSSR count). The van der Waals surface area contributed by atoms with Crippen molar-refractivity contribution in [2.24, 2.45) is 17.8 Å². The molecule has 104 valence electrons. The maximum Gasteiger partial charge on any atom is 0.334 e. The van der Waals surface area contributed by atoms with Crippen LogP contribution in [0.2, 0.25) is 0 Å². The van der Waals surface area contributed by atoms with Gasteiger partial charge in [0.2, 0.25) is 0 Å². The average Bonchev–Trinajstić information content (AvgIpc) is 2.61. The van der Waals surface area contributed by atoms with Crippen molar-refractivity contribution in [1.29, 1.82) is 0 Å². The van der Waals surface area contributed by atoms with Gasteiger partial charge in [-0.2, -0.15) is 0 Å². The molecule has 4 nitrogen and oxygen atoms in total. The number of ether oxygens (including phenoxy) is 1. The number of carbonyl (C=O) groups excluding carboxylic acids is 1. The van der Waals surface area contributed by atoms with Crippen LogP contribution in [0.4, 0.5) is 0 Å². The molecule has 0 aromatic rings. The van der Waals surface area contributed by atoms with Gasteiger partial charge in [-0.05, 0) is 32.3 Å². The summed E-state index contributed by atoms with van der Waals surface area (Å²) in [7, 11) is 0. The van der Waals surface area contributed by atoms with Crippen LogP contribution in [0.1, 0.15) is 26.7 Å². The monoisotopic (exact) mass is 264 g/mol. The summed E-state index contributed by atoms with van der Waals surface area (Å²) in [5.74, 6) is -0.517. The topological polar surface area (TPSA) is 66.8 Å². The Hall–Kier alpha value is -1.13. The van der Waals surface area contributed by atoms with Crippen LogP contribution in [0.15, 0.2) is 23.8 Å². The molecule has 2 N–H and O–H groups in total. The van der Waals surface area contributed by atoms with Gasteiger partial charge in [0.15, 0.2) is 0 Å². The van der Waals surface area contributed by atoms with Crippen LogP contribution >= 0.6 is 0 Å². The molecule has 1 heterocycles. The highest BCUT2D eigenvalue weighted by molar-refractivity contribution is 5.91. The van der Waals surface area contributed by atoms with E-state index in [1.807, 2.05) is 13.0 Å². The molecule has 4 heteroatoms. The molecule has 0 bridgehead atoms. The van der Waals surface area contributed by atoms with Crippen molar-refractivity contribution in [1.82, 2.24) is 0 Å². The van der Waals surface area contributed by atoms with Crippen molar-refractivity contribution in [3.63, 3.8) is 0 Å². The number of fused-ring (bicyclic) bond motifs is 2. The normalized spacial score (nSPS) is 49.3. The third kappa shape index (κ3) is 1.77. The first-order chi connectivity index (χ1) is 8.81. The first kappa shape index (κ1) is 12.9. The first-order valence-corrected chi connectivity index (χ1v) is 6.80. The lowest BCUT2D eigenvalue weighted by atomic mass is 9.78. The van der Waals surface area contributed by atoms with Crippen LogP contribution in [-0.2, 0) is 9.53 Å². The number of aliphatic hydroxyl groups excluding tert-OH is 1. The molecular weight excluding hydrogens is 244 g/mol. The van der Waals surface area contributed by atoms with Crippen molar-refractivity contribution in [2.45, 2.75) is 44.5 Å². The minimum absolute atomic E-state index is 0.0490. The van der Waals surface area contributed by atoms with Crippen LogP contribution in [0.3, 0.4) is 0 Å². The number of hydrogen-bond acceptors (Lipinski definition) is 4. The zero-order chi connectivity index (χ0) is 13.9. The average molecular weight is 264 g/mol. The SMILES string of the molecule is C=C1C(=O)O[C@H]2C=C(C)[C@H]3[C@@H](O)C[C@](C)(O)[C@H]3C[C@H]12. The van der Waals surface area contributed by atoms with Gasteiger partial charge in [0.05, 0.1) is 11.7 Å². The summed E-state index contributed by atoms with van der Waals surface area (Å²) in [6, 6.07) is 0. The van der Waals surface area contributed by atoms with Gasteiger partial charge in [0, 0.05) is 23.8 Å². The lowest BCUT2D eigenvalue weighted by molar-refractivity contribution is -0.137. The lowest BCUT2D eigenvalue weighted by Crippen LogP contribution is -2.33. The van der Waals surface area contributed by atoms with Crippen LogP contribution < -0.4 is 0 Å². The molecule has 19 heavy (non-hydrogen) atoms. The molecule has 3 aliphatic rings. The van der Waals surface area contributed by atoms with E-state index in [1.54, 1.807) is 6.92 Å². The Kier molecular flexibility index (Phi) is 2.67. The van der Waals surface area contributed by atoms with Gasteiger partial charge in [0.1, 0.15) is 6.10 Å². The largest absolute Gasteiger partial charge is 0.454 e. The standard InChI is InChI=1S/C15H20O4/c1-7-4-12-9(8(2)14(17)19-12)5-10-13(7)11(16)6-15(10,3)18/h4,9-13,16,18H,2,5-6H2,1,3H3/t9-,10+,11+,12+,13-,15+/m1/s1. The number of carbonyl (C=O) groups is 1. The van der Waals surface area contributed by atoms with Gasteiger partial charge in [0.25, 0.3) is 0 Å². The molecule has 1 saturated heterocycles. The summed E-state index contributed by atoms with van der Waals surface area (Å²) in [5.41, 5.74) is 0.595. The zero-order valence-electron chi connectivity index (χ0n) is 11.3. The highest BCUT2D eigenvalue weighted by Gasteiger charge is 2.54. The molecule has 2 fully saturated rings. The van der Waals surface area contributed by atoms with Crippen LogP contribution in [0.5, 0.6) is 0 Å². The molecule has 0 spiro atoms. The van der Waals surface area contributed by atoms with Gasteiger partial charge in [-0.25, -0.2) is 4.79 Å². The highest BCUT2D eigenvalue weighted by Crippen LogP contribution is 2.51. The molecular formula is C15H20O4. The Labute approximate surface area is 112 Å². The lowest BCUT2D eigenvalue weighted by Gasteiger charge is -2.30. The van der Waals surface area contributed by atoms with E-state index in [-0.39, 0.29) is 29.8 Å². The maximum atomic E-state index is 11.6. The highest BCUT2D eigenvalue weighted by atomic mass is 16.5. The number of aliphatic hydroxyl groups is 2. The Morgan fingerprint density at radius 3 is 2.89 bits per heavy atom. The summed E-state index contributed by atoms with van der Waals surface area (Å²) in [6.07, 6.45) is 2.13. The van der Waals surface area contributed by atoms with Crippen molar-refractivity contribution in [2.75, 3.05) is 0 Å². The van der Waals surface area contributed by atoms with Gasteiger partial charge in [-0.3, -0.25) is 0 Å². The minimum atomic E-state index is -0.903. The summed E-state index contributed by atoms with van der Waals surface area (Å²) in [4.78, 5) is 11.6. The summed E-state index contributed by atoms with van der Waals surface area (Å²) >= 11 is 0. The van der Waals surface area contributed by atoms with Crippen molar-refractivity contribution in [3.8, 4) is 0 Å². The van der Waals surface area contributed by atoms with Crippen molar-refractivity contribution < 1.29 is 19.7 Å². The van der Waals surface area contributed by atoms with E-state index in [2.05, 4.69) is 6.58 Å². The van der Waals surface area contributed by atoms with E-state index in [0.717, 1.165) is 5.57 Å². The van der Waals surface area contributed by atoms with Gasteiger partial charge in [-0.15, -0.1) is 0 Å². The fourth-order valence-corrected chi connectivity index (χ4v) is 4.08. The first-order valence-electron chi connectivity index (χ1n) is 6.80. The minimum Gasteiger partial charge on any atom is -0.454 e. The van der Waals surface area contributed by atoms with E-state index in [4.69, 9.17) is 4.74 Å². The number of hydrogen-bond donors (Lipinski definition) is 2. The number of rotatable bonds is 0. The second kappa shape index (κ2) is 3.93. The van der Waals surface area contributed by atoms with E-state index in [1.165, 1.54) is 0 Å². The van der Waals surface area contributed by atoms with Crippen molar-refractivity contribution in [3.05, 3.63) is 23.8 Å². The van der Waals surface area contributed by atoms with Crippen molar-refractivity contribution >= 4 is 5.97 Å². The fraction of sp³-hybridized carbons (Fsp3) is 0.667. The van der Waals surface area contributed by atoms with Gasteiger partial charge in [-0.1, -0.05) is 12.2 Å². The van der Waals surface area contributed by atoms with Crippen LogP contribution in [0.25, 0.3) is 0 Å². The second-order valence-corrected chi connectivity index (χ2v) is 6.41. The quantitative estimate of drug-likeness (QED) is 0.392. The fourth-order valence-electron chi connectivity index (χ4n) is 4.08. The van der Waals surface area contributed by atoms with E-state index < -0.39 is 11.7 Å². The summed E-state index contributed by atoms with van der Waals surface area (Å²) in [5, 5.41) is 20.7. The number of esters is 1. The molecule has 1 saturated carbocycles. The molecule has 6 atom stereocenters. The summed E-state index contributed by atoms with van der Waals surface area (Å²) < 4.78 is 5.32. The molecule has 0 unspecified atom stereocenters. The summed E-state index contributed by atoms with van der Waals surface area (Å²) in [6.45, 7) is 7.54. The third-order valence-electron chi connectivity index (χ3n) is 5.08. The van der Waals surface area contributed by atoms with Crippen LogP contribution in [0, 0.1) is 17.8 Å². The van der Waals surface area contributed by atoms with E-state index >= 15 is 0 Å².